The Morgan fingerprint density at radius 2 is 1.94 bits per heavy atom. The van der Waals surface area contributed by atoms with Crippen LogP contribution >= 0.6 is 0 Å². The van der Waals surface area contributed by atoms with Crippen LogP contribution in [0.25, 0.3) is 0 Å². The van der Waals surface area contributed by atoms with Gasteiger partial charge < -0.3 is 15.1 Å². The zero-order valence-electron chi connectivity index (χ0n) is 12.5. The zero-order chi connectivity index (χ0) is 13.0. The molecule has 1 N–H and O–H groups in total. The van der Waals surface area contributed by atoms with Gasteiger partial charge in [0.05, 0.1) is 0 Å². The molecule has 2 rings (SSSR count). The van der Waals surface area contributed by atoms with E-state index >= 15 is 0 Å². The molecule has 0 aromatic heterocycles. The van der Waals surface area contributed by atoms with E-state index in [1.54, 1.807) is 0 Å². The van der Waals surface area contributed by atoms with E-state index in [0.717, 1.165) is 18.0 Å². The lowest BCUT2D eigenvalue weighted by Gasteiger charge is -2.28. The number of rotatable bonds is 4. The molecular formula is C15H31N3. The van der Waals surface area contributed by atoms with E-state index in [1.165, 1.54) is 58.4 Å². The lowest BCUT2D eigenvalue weighted by Crippen LogP contribution is -2.36. The van der Waals surface area contributed by atoms with E-state index < -0.39 is 0 Å². The second kappa shape index (κ2) is 6.88. The molecule has 2 fully saturated rings. The second-order valence-corrected chi connectivity index (χ2v) is 6.42. The molecule has 2 saturated heterocycles. The maximum absolute atomic E-state index is 3.33. The highest BCUT2D eigenvalue weighted by Crippen LogP contribution is 2.24. The predicted molar refractivity (Wildman–Crippen MR) is 78.0 cm³/mol. The Bertz CT molecular complexity index is 242. The van der Waals surface area contributed by atoms with Crippen molar-refractivity contribution in [3.05, 3.63) is 0 Å². The van der Waals surface area contributed by atoms with E-state index in [2.05, 4.69) is 36.0 Å². The van der Waals surface area contributed by atoms with Gasteiger partial charge in [-0.2, -0.15) is 0 Å². The van der Waals surface area contributed by atoms with E-state index in [1.807, 2.05) is 0 Å². The van der Waals surface area contributed by atoms with Crippen LogP contribution in [0.2, 0.25) is 0 Å². The molecule has 3 heteroatoms. The molecule has 0 amide bonds. The minimum atomic E-state index is 0.722. The molecule has 0 aromatic rings. The molecular weight excluding hydrogens is 222 g/mol. The maximum Gasteiger partial charge on any atom is 0.0108 e. The van der Waals surface area contributed by atoms with Crippen LogP contribution in [0.1, 0.15) is 39.5 Å². The van der Waals surface area contributed by atoms with Gasteiger partial charge in [-0.15, -0.1) is 0 Å². The summed E-state index contributed by atoms with van der Waals surface area (Å²) in [5.74, 6) is 0.888. The van der Waals surface area contributed by atoms with Gasteiger partial charge in [-0.25, -0.2) is 0 Å². The van der Waals surface area contributed by atoms with Gasteiger partial charge in [0.1, 0.15) is 0 Å². The van der Waals surface area contributed by atoms with Gasteiger partial charge in [-0.05, 0) is 78.7 Å². The third-order valence-corrected chi connectivity index (χ3v) is 4.79. The number of likely N-dealkylation sites (tertiary alicyclic amines) is 2. The fourth-order valence-corrected chi connectivity index (χ4v) is 3.63. The van der Waals surface area contributed by atoms with Crippen molar-refractivity contribution in [3.63, 3.8) is 0 Å². The molecule has 0 aromatic carbocycles. The number of nitrogens with zero attached hydrogens (tertiary/aromatic N) is 2. The molecule has 2 aliphatic heterocycles. The molecule has 2 heterocycles. The molecule has 3 nitrogen and oxygen atoms in total. The van der Waals surface area contributed by atoms with Crippen molar-refractivity contribution >= 4 is 0 Å². The first-order chi connectivity index (χ1) is 8.70. The van der Waals surface area contributed by atoms with Crippen LogP contribution < -0.4 is 5.32 Å². The fourth-order valence-electron chi connectivity index (χ4n) is 3.63. The second-order valence-electron chi connectivity index (χ2n) is 6.42. The largest absolute Gasteiger partial charge is 0.319 e. The normalized spacial score (nSPS) is 32.0. The predicted octanol–water partition coefficient (Wildman–Crippen LogP) is 1.79. The van der Waals surface area contributed by atoms with E-state index in [4.69, 9.17) is 0 Å². The Labute approximate surface area is 113 Å². The van der Waals surface area contributed by atoms with Gasteiger partial charge in [0.25, 0.3) is 0 Å². The summed E-state index contributed by atoms with van der Waals surface area (Å²) in [5, 5.41) is 3.33. The number of nitrogens with one attached hydrogen (secondary N) is 1. The molecule has 0 saturated carbocycles. The Kier molecular flexibility index (Phi) is 5.46. The Morgan fingerprint density at radius 3 is 2.67 bits per heavy atom. The molecule has 106 valence electrons. The summed E-state index contributed by atoms with van der Waals surface area (Å²) in [6.07, 6.45) is 5.57. The average molecular weight is 253 g/mol. The smallest absolute Gasteiger partial charge is 0.0108 e. The molecule has 18 heavy (non-hydrogen) atoms. The Balaban J connectivity index is 1.80. The lowest BCUT2D eigenvalue weighted by atomic mass is 10.1. The first-order valence-electron chi connectivity index (χ1n) is 7.83. The van der Waals surface area contributed by atoms with E-state index in [-0.39, 0.29) is 0 Å². The fraction of sp³-hybridized carbons (Fsp3) is 1.00. The van der Waals surface area contributed by atoms with E-state index in [9.17, 15) is 0 Å². The van der Waals surface area contributed by atoms with Crippen LogP contribution in [-0.2, 0) is 0 Å². The van der Waals surface area contributed by atoms with Gasteiger partial charge in [0, 0.05) is 18.6 Å². The molecule has 2 atom stereocenters. The zero-order valence-corrected chi connectivity index (χ0v) is 12.5. The van der Waals surface area contributed by atoms with Crippen LogP contribution in [0.3, 0.4) is 0 Å². The minimum absolute atomic E-state index is 0.722. The Hall–Kier alpha value is -0.120. The molecule has 0 spiro atoms. The molecule has 2 unspecified atom stereocenters. The van der Waals surface area contributed by atoms with Gasteiger partial charge in [-0.1, -0.05) is 0 Å². The van der Waals surface area contributed by atoms with Crippen LogP contribution in [0.15, 0.2) is 0 Å². The van der Waals surface area contributed by atoms with Crippen molar-refractivity contribution < 1.29 is 0 Å². The van der Waals surface area contributed by atoms with Gasteiger partial charge >= 0.3 is 0 Å². The van der Waals surface area contributed by atoms with Crippen molar-refractivity contribution in [1.82, 2.24) is 15.1 Å². The van der Waals surface area contributed by atoms with Crippen LogP contribution in [0.4, 0.5) is 0 Å². The number of hydrogen-bond acceptors (Lipinski definition) is 3. The third-order valence-electron chi connectivity index (χ3n) is 4.79. The first kappa shape index (κ1) is 14.3. The SMILES string of the molecule is CNCC1CCN(C2CCCN(C(C)C)CC2)C1. The topological polar surface area (TPSA) is 18.5 Å². The first-order valence-corrected chi connectivity index (χ1v) is 7.83. The minimum Gasteiger partial charge on any atom is -0.319 e. The molecule has 0 aliphatic carbocycles. The summed E-state index contributed by atoms with van der Waals surface area (Å²) < 4.78 is 0. The van der Waals surface area contributed by atoms with E-state index in [0.29, 0.717) is 0 Å². The van der Waals surface area contributed by atoms with Crippen LogP contribution in [-0.4, -0.2) is 61.7 Å². The lowest BCUT2D eigenvalue weighted by molar-refractivity contribution is 0.196. The summed E-state index contributed by atoms with van der Waals surface area (Å²) in [4.78, 5) is 5.42. The van der Waals surface area contributed by atoms with Crippen molar-refractivity contribution in [2.24, 2.45) is 5.92 Å². The van der Waals surface area contributed by atoms with Crippen molar-refractivity contribution in [2.45, 2.75) is 51.6 Å². The summed E-state index contributed by atoms with van der Waals surface area (Å²) in [6, 6.07) is 1.58. The third kappa shape index (κ3) is 3.69. The van der Waals surface area contributed by atoms with Crippen molar-refractivity contribution in [2.75, 3.05) is 39.8 Å². The van der Waals surface area contributed by atoms with Gasteiger partial charge in [0.2, 0.25) is 0 Å². The average Bonchev–Trinajstić information content (AvgIpc) is 2.65. The molecule has 0 radical (unpaired) electrons. The maximum atomic E-state index is 3.33. The highest BCUT2D eigenvalue weighted by molar-refractivity contribution is 4.85. The van der Waals surface area contributed by atoms with Crippen molar-refractivity contribution in [1.29, 1.82) is 0 Å². The monoisotopic (exact) mass is 253 g/mol. The standard InChI is InChI=1S/C15H31N3/c1-13(2)17-8-4-5-15(7-10-17)18-9-6-14(12-18)11-16-3/h13-16H,4-12H2,1-3H3. The highest BCUT2D eigenvalue weighted by atomic mass is 15.2. The molecule has 0 bridgehead atoms. The quantitative estimate of drug-likeness (QED) is 0.824. The van der Waals surface area contributed by atoms with Gasteiger partial charge in [-0.3, -0.25) is 0 Å². The summed E-state index contributed by atoms with van der Waals surface area (Å²) in [7, 11) is 2.08. The highest BCUT2D eigenvalue weighted by Gasteiger charge is 2.29. The van der Waals surface area contributed by atoms with Gasteiger partial charge in [0.15, 0.2) is 0 Å². The van der Waals surface area contributed by atoms with Crippen LogP contribution in [0.5, 0.6) is 0 Å². The summed E-state index contributed by atoms with van der Waals surface area (Å²) >= 11 is 0. The van der Waals surface area contributed by atoms with Crippen molar-refractivity contribution in [3.8, 4) is 0 Å². The number of hydrogen-bond donors (Lipinski definition) is 1. The summed E-state index contributed by atoms with van der Waals surface area (Å²) in [5.41, 5.74) is 0. The van der Waals surface area contributed by atoms with Crippen LogP contribution in [0, 0.1) is 5.92 Å². The summed E-state index contributed by atoms with van der Waals surface area (Å²) in [6.45, 7) is 11.1. The Morgan fingerprint density at radius 1 is 1.11 bits per heavy atom. The molecule has 2 aliphatic rings.